The fourth-order valence-corrected chi connectivity index (χ4v) is 3.87. The van der Waals surface area contributed by atoms with Gasteiger partial charge in [0, 0.05) is 16.7 Å². The van der Waals surface area contributed by atoms with Crippen molar-refractivity contribution in [3.63, 3.8) is 0 Å². The number of halogens is 1. The zero-order chi connectivity index (χ0) is 14.1. The van der Waals surface area contributed by atoms with Crippen LogP contribution in [0.25, 0.3) is 0 Å². The predicted molar refractivity (Wildman–Crippen MR) is 77.2 cm³/mol. The minimum atomic E-state index is -3.62. The molecule has 1 aromatic carbocycles. The summed E-state index contributed by atoms with van der Waals surface area (Å²) < 4.78 is 27.2. The van der Waals surface area contributed by atoms with Crippen molar-refractivity contribution in [1.29, 1.82) is 0 Å². The van der Waals surface area contributed by atoms with Crippen LogP contribution in [-0.2, 0) is 10.0 Å². The molecule has 0 aromatic heterocycles. The molecule has 1 aromatic rings. The molecule has 0 radical (unpaired) electrons. The first-order valence-electron chi connectivity index (χ1n) is 6.10. The first kappa shape index (κ1) is 14.8. The van der Waals surface area contributed by atoms with Crippen molar-refractivity contribution >= 4 is 31.6 Å². The van der Waals surface area contributed by atoms with Crippen molar-refractivity contribution in [3.8, 4) is 0 Å². The topological polar surface area (TPSA) is 92.4 Å². The Labute approximate surface area is 121 Å². The summed E-state index contributed by atoms with van der Waals surface area (Å²) in [7, 11) is -3.62. The standard InChI is InChI=1S/C12H17BrN2O3S/c13-10-7-9(3-4-11(10)14)19(17,18)15-8-12(16)5-1-2-6-12/h3-4,7,15-16H,1-2,5-6,8,14H2. The second-order valence-corrected chi connectivity index (χ2v) is 7.56. The fourth-order valence-electron chi connectivity index (χ4n) is 2.20. The Balaban J connectivity index is 2.11. The molecule has 0 bridgehead atoms. The molecule has 0 spiro atoms. The zero-order valence-corrected chi connectivity index (χ0v) is 12.8. The molecule has 0 unspecified atom stereocenters. The van der Waals surface area contributed by atoms with Gasteiger partial charge in [-0.3, -0.25) is 0 Å². The first-order chi connectivity index (χ1) is 8.82. The highest BCUT2D eigenvalue weighted by Gasteiger charge is 2.32. The Morgan fingerprint density at radius 3 is 2.58 bits per heavy atom. The Bertz CT molecular complexity index is 568. The van der Waals surface area contributed by atoms with Gasteiger partial charge in [0.2, 0.25) is 10.0 Å². The van der Waals surface area contributed by atoms with Crippen LogP contribution in [0.3, 0.4) is 0 Å². The third kappa shape index (κ3) is 3.47. The Morgan fingerprint density at radius 2 is 2.00 bits per heavy atom. The first-order valence-corrected chi connectivity index (χ1v) is 8.37. The molecular formula is C12H17BrN2O3S. The molecule has 1 fully saturated rings. The van der Waals surface area contributed by atoms with Gasteiger partial charge in [-0.25, -0.2) is 13.1 Å². The second-order valence-electron chi connectivity index (χ2n) is 4.94. The number of nitrogens with one attached hydrogen (secondary N) is 1. The van der Waals surface area contributed by atoms with Crippen LogP contribution in [0.4, 0.5) is 5.69 Å². The minimum absolute atomic E-state index is 0.0529. The van der Waals surface area contributed by atoms with Crippen molar-refractivity contribution in [1.82, 2.24) is 4.72 Å². The molecule has 1 aliphatic carbocycles. The van der Waals surface area contributed by atoms with Crippen molar-refractivity contribution in [3.05, 3.63) is 22.7 Å². The molecule has 0 saturated heterocycles. The molecular weight excluding hydrogens is 332 g/mol. The van der Waals surface area contributed by atoms with E-state index in [1.54, 1.807) is 0 Å². The van der Waals surface area contributed by atoms with Crippen LogP contribution in [0.2, 0.25) is 0 Å². The van der Waals surface area contributed by atoms with Crippen molar-refractivity contribution in [2.24, 2.45) is 0 Å². The van der Waals surface area contributed by atoms with Gasteiger partial charge in [0.15, 0.2) is 0 Å². The van der Waals surface area contributed by atoms with Crippen LogP contribution in [0.1, 0.15) is 25.7 Å². The molecule has 0 heterocycles. The number of benzene rings is 1. The van der Waals surface area contributed by atoms with Gasteiger partial charge in [0.25, 0.3) is 0 Å². The Hall–Kier alpha value is -0.630. The maximum Gasteiger partial charge on any atom is 0.240 e. The summed E-state index contributed by atoms with van der Waals surface area (Å²) in [5.41, 5.74) is 5.20. The van der Waals surface area contributed by atoms with Crippen molar-refractivity contribution in [2.75, 3.05) is 12.3 Å². The highest BCUT2D eigenvalue weighted by molar-refractivity contribution is 9.10. The van der Waals surface area contributed by atoms with Crippen LogP contribution in [0, 0.1) is 0 Å². The van der Waals surface area contributed by atoms with E-state index >= 15 is 0 Å². The number of anilines is 1. The van der Waals surface area contributed by atoms with E-state index in [9.17, 15) is 13.5 Å². The molecule has 2 rings (SSSR count). The maximum absolute atomic E-state index is 12.1. The summed E-state index contributed by atoms with van der Waals surface area (Å²) in [6, 6.07) is 4.43. The lowest BCUT2D eigenvalue weighted by molar-refractivity contribution is 0.0532. The second kappa shape index (κ2) is 5.40. The fraction of sp³-hybridized carbons (Fsp3) is 0.500. The number of hydrogen-bond acceptors (Lipinski definition) is 4. The lowest BCUT2D eigenvalue weighted by Gasteiger charge is -2.22. The SMILES string of the molecule is Nc1ccc(S(=O)(=O)NCC2(O)CCCC2)cc1Br. The van der Waals surface area contributed by atoms with E-state index in [0.717, 1.165) is 12.8 Å². The average Bonchev–Trinajstić information content (AvgIpc) is 2.78. The molecule has 19 heavy (non-hydrogen) atoms. The van der Waals surface area contributed by atoms with Crippen LogP contribution in [0.5, 0.6) is 0 Å². The van der Waals surface area contributed by atoms with E-state index in [1.807, 2.05) is 0 Å². The van der Waals surface area contributed by atoms with Crippen LogP contribution >= 0.6 is 15.9 Å². The van der Waals surface area contributed by atoms with Gasteiger partial charge >= 0.3 is 0 Å². The highest BCUT2D eigenvalue weighted by atomic mass is 79.9. The van der Waals surface area contributed by atoms with Crippen molar-refractivity contribution in [2.45, 2.75) is 36.2 Å². The summed E-state index contributed by atoms with van der Waals surface area (Å²) in [6.07, 6.45) is 3.15. The van der Waals surface area contributed by atoms with Gasteiger partial charge < -0.3 is 10.8 Å². The van der Waals surface area contributed by atoms with E-state index in [4.69, 9.17) is 5.73 Å². The normalized spacial score (nSPS) is 18.6. The number of rotatable bonds is 4. The molecule has 7 heteroatoms. The molecule has 5 nitrogen and oxygen atoms in total. The largest absolute Gasteiger partial charge is 0.398 e. The Kier molecular flexibility index (Phi) is 4.20. The quantitative estimate of drug-likeness (QED) is 0.720. The summed E-state index contributed by atoms with van der Waals surface area (Å²) in [5.74, 6) is 0. The lowest BCUT2D eigenvalue weighted by atomic mass is 10.0. The van der Waals surface area contributed by atoms with Gasteiger partial charge in [0.05, 0.1) is 10.5 Å². The summed E-state index contributed by atoms with van der Waals surface area (Å²) >= 11 is 3.20. The van der Waals surface area contributed by atoms with Crippen molar-refractivity contribution < 1.29 is 13.5 Å². The van der Waals surface area contributed by atoms with E-state index in [0.29, 0.717) is 23.0 Å². The van der Waals surface area contributed by atoms with Gasteiger partial charge in [0.1, 0.15) is 0 Å². The lowest BCUT2D eigenvalue weighted by Crippen LogP contribution is -2.40. The highest BCUT2D eigenvalue weighted by Crippen LogP contribution is 2.29. The molecule has 1 saturated carbocycles. The Morgan fingerprint density at radius 1 is 1.37 bits per heavy atom. The minimum Gasteiger partial charge on any atom is -0.398 e. The molecule has 1 aliphatic rings. The third-order valence-electron chi connectivity index (χ3n) is 3.41. The molecule has 0 aliphatic heterocycles. The third-order valence-corrected chi connectivity index (χ3v) is 5.49. The van der Waals surface area contributed by atoms with Gasteiger partial charge in [-0.15, -0.1) is 0 Å². The number of hydrogen-bond donors (Lipinski definition) is 3. The van der Waals surface area contributed by atoms with Crippen LogP contribution in [-0.4, -0.2) is 25.7 Å². The molecule has 0 atom stereocenters. The maximum atomic E-state index is 12.1. The van der Waals surface area contributed by atoms with E-state index < -0.39 is 15.6 Å². The number of aliphatic hydroxyl groups is 1. The smallest absolute Gasteiger partial charge is 0.240 e. The van der Waals surface area contributed by atoms with Crippen LogP contribution in [0.15, 0.2) is 27.6 Å². The van der Waals surface area contributed by atoms with Gasteiger partial charge in [-0.05, 0) is 47.0 Å². The average molecular weight is 349 g/mol. The number of nitrogens with two attached hydrogens (primary N) is 1. The monoisotopic (exact) mass is 348 g/mol. The molecule has 4 N–H and O–H groups in total. The summed E-state index contributed by atoms with van der Waals surface area (Å²) in [6.45, 7) is 0.0529. The van der Waals surface area contributed by atoms with E-state index in [-0.39, 0.29) is 11.4 Å². The summed E-state index contributed by atoms with van der Waals surface area (Å²) in [5, 5.41) is 10.1. The molecule has 106 valence electrons. The zero-order valence-electron chi connectivity index (χ0n) is 10.4. The predicted octanol–water partition coefficient (Wildman–Crippen LogP) is 1.61. The van der Waals surface area contributed by atoms with Crippen LogP contribution < -0.4 is 10.5 Å². The molecule has 0 amide bonds. The number of nitrogen functional groups attached to an aromatic ring is 1. The van der Waals surface area contributed by atoms with Gasteiger partial charge in [-0.2, -0.15) is 0 Å². The number of sulfonamides is 1. The van der Waals surface area contributed by atoms with E-state index in [1.165, 1.54) is 18.2 Å². The van der Waals surface area contributed by atoms with Gasteiger partial charge in [-0.1, -0.05) is 12.8 Å². The van der Waals surface area contributed by atoms with E-state index in [2.05, 4.69) is 20.7 Å². The summed E-state index contributed by atoms with van der Waals surface area (Å²) in [4.78, 5) is 0.134.